The predicted molar refractivity (Wildman–Crippen MR) is 78.8 cm³/mol. The van der Waals surface area contributed by atoms with E-state index in [1.165, 1.54) is 18.9 Å². The van der Waals surface area contributed by atoms with Crippen molar-refractivity contribution in [1.82, 2.24) is 5.32 Å². The van der Waals surface area contributed by atoms with E-state index in [2.05, 4.69) is 39.1 Å². The first-order valence-corrected chi connectivity index (χ1v) is 7.42. The van der Waals surface area contributed by atoms with Gasteiger partial charge in [-0.2, -0.15) is 0 Å². The maximum absolute atomic E-state index is 13.5. The lowest BCUT2D eigenvalue weighted by Gasteiger charge is -2.50. The van der Waals surface area contributed by atoms with Crippen LogP contribution in [-0.2, 0) is 5.41 Å². The number of rotatable bonds is 5. The minimum absolute atomic E-state index is 0.116. The molecule has 0 atom stereocenters. The molecule has 0 unspecified atom stereocenters. The first kappa shape index (κ1) is 14.5. The average molecular weight is 263 g/mol. The predicted octanol–water partition coefficient (Wildman–Crippen LogP) is 4.13. The molecule has 0 saturated heterocycles. The lowest BCUT2D eigenvalue weighted by Crippen LogP contribution is -2.51. The zero-order chi connectivity index (χ0) is 14.0. The molecule has 0 bridgehead atoms. The fraction of sp³-hybridized carbons (Fsp3) is 0.647. The number of hydrogen-bond acceptors (Lipinski definition) is 1. The molecule has 0 heterocycles. The van der Waals surface area contributed by atoms with Gasteiger partial charge in [-0.15, -0.1) is 0 Å². The maximum atomic E-state index is 13.5. The zero-order valence-corrected chi connectivity index (χ0v) is 12.5. The van der Waals surface area contributed by atoms with Gasteiger partial charge in [-0.05, 0) is 42.4 Å². The van der Waals surface area contributed by atoms with Crippen LogP contribution in [0.2, 0.25) is 0 Å². The van der Waals surface area contributed by atoms with Gasteiger partial charge in [0.05, 0.1) is 0 Å². The molecule has 1 aromatic rings. The Balaban J connectivity index is 2.16. The molecule has 1 aromatic carbocycles. The van der Waals surface area contributed by atoms with Gasteiger partial charge in [0.1, 0.15) is 5.82 Å². The first-order valence-electron chi connectivity index (χ1n) is 7.42. The minimum Gasteiger partial charge on any atom is -0.314 e. The van der Waals surface area contributed by atoms with Gasteiger partial charge in [0.2, 0.25) is 0 Å². The van der Waals surface area contributed by atoms with Gasteiger partial charge < -0.3 is 5.32 Å². The molecule has 1 fully saturated rings. The second kappa shape index (κ2) is 5.62. The second-order valence-electron chi connectivity index (χ2n) is 6.74. The Bertz CT molecular complexity index is 414. The fourth-order valence-electron chi connectivity index (χ4n) is 3.12. The third-order valence-corrected chi connectivity index (χ3v) is 4.53. The number of nitrogens with one attached hydrogen (secondary N) is 1. The normalized spacial score (nSPS) is 26.8. The van der Waals surface area contributed by atoms with Crippen LogP contribution in [0.1, 0.15) is 46.1 Å². The van der Waals surface area contributed by atoms with Gasteiger partial charge >= 0.3 is 0 Å². The standard InChI is InChI=1S/C17H26FN/c1-12(2)14-9-17(10-14,11-19-13(3)4)15-6-5-7-16(18)8-15/h5-8,12-14,19H,9-11H2,1-4H3. The van der Waals surface area contributed by atoms with Crippen LogP contribution in [0.15, 0.2) is 24.3 Å². The van der Waals surface area contributed by atoms with Crippen LogP contribution >= 0.6 is 0 Å². The highest BCUT2D eigenvalue weighted by molar-refractivity contribution is 5.30. The molecule has 0 aliphatic heterocycles. The van der Waals surface area contributed by atoms with Crippen LogP contribution in [0.5, 0.6) is 0 Å². The van der Waals surface area contributed by atoms with E-state index in [9.17, 15) is 4.39 Å². The Hall–Kier alpha value is -0.890. The van der Waals surface area contributed by atoms with Crippen LogP contribution in [0.25, 0.3) is 0 Å². The molecule has 0 aromatic heterocycles. The highest BCUT2D eigenvalue weighted by Gasteiger charge is 2.46. The summed E-state index contributed by atoms with van der Waals surface area (Å²) in [6, 6.07) is 7.65. The Labute approximate surface area is 116 Å². The molecule has 19 heavy (non-hydrogen) atoms. The highest BCUT2D eigenvalue weighted by Crippen LogP contribution is 2.50. The van der Waals surface area contributed by atoms with E-state index in [1.807, 2.05) is 6.07 Å². The Morgan fingerprint density at radius 1 is 1.26 bits per heavy atom. The van der Waals surface area contributed by atoms with Crippen molar-refractivity contribution in [1.29, 1.82) is 0 Å². The van der Waals surface area contributed by atoms with E-state index in [0.717, 1.165) is 23.9 Å². The summed E-state index contributed by atoms with van der Waals surface area (Å²) >= 11 is 0. The van der Waals surface area contributed by atoms with Crippen LogP contribution < -0.4 is 5.32 Å². The summed E-state index contributed by atoms with van der Waals surface area (Å²) in [7, 11) is 0. The van der Waals surface area contributed by atoms with Gasteiger partial charge in [0.25, 0.3) is 0 Å². The Morgan fingerprint density at radius 2 is 1.95 bits per heavy atom. The molecule has 0 amide bonds. The molecular weight excluding hydrogens is 237 g/mol. The molecule has 1 aliphatic carbocycles. The van der Waals surface area contributed by atoms with Gasteiger partial charge in [-0.25, -0.2) is 4.39 Å². The number of halogens is 1. The summed E-state index contributed by atoms with van der Waals surface area (Å²) in [4.78, 5) is 0. The molecular formula is C17H26FN. The van der Waals surface area contributed by atoms with Crippen molar-refractivity contribution in [3.05, 3.63) is 35.6 Å². The van der Waals surface area contributed by atoms with E-state index < -0.39 is 0 Å². The minimum atomic E-state index is -0.116. The molecule has 2 rings (SSSR count). The van der Waals surface area contributed by atoms with Crippen molar-refractivity contribution in [3.63, 3.8) is 0 Å². The van der Waals surface area contributed by atoms with E-state index in [1.54, 1.807) is 6.07 Å². The monoisotopic (exact) mass is 263 g/mol. The summed E-state index contributed by atoms with van der Waals surface area (Å²) in [5.74, 6) is 1.38. The summed E-state index contributed by atoms with van der Waals surface area (Å²) in [6.07, 6.45) is 2.35. The number of hydrogen-bond donors (Lipinski definition) is 1. The van der Waals surface area contributed by atoms with Crippen molar-refractivity contribution in [2.45, 2.75) is 52.0 Å². The third-order valence-electron chi connectivity index (χ3n) is 4.53. The van der Waals surface area contributed by atoms with Gasteiger partial charge in [-0.1, -0.05) is 39.8 Å². The van der Waals surface area contributed by atoms with E-state index >= 15 is 0 Å². The summed E-state index contributed by atoms with van der Waals surface area (Å²) in [6.45, 7) is 9.86. The van der Waals surface area contributed by atoms with Crippen LogP contribution in [0.4, 0.5) is 4.39 Å². The van der Waals surface area contributed by atoms with Gasteiger partial charge in [0, 0.05) is 18.0 Å². The lowest BCUT2D eigenvalue weighted by molar-refractivity contribution is 0.0956. The Kier molecular flexibility index (Phi) is 4.29. The van der Waals surface area contributed by atoms with Crippen molar-refractivity contribution < 1.29 is 4.39 Å². The molecule has 106 valence electrons. The summed E-state index contributed by atoms with van der Waals surface area (Å²) in [5, 5.41) is 3.54. The maximum Gasteiger partial charge on any atom is 0.123 e. The molecule has 1 N–H and O–H groups in total. The van der Waals surface area contributed by atoms with Crippen molar-refractivity contribution in [3.8, 4) is 0 Å². The quantitative estimate of drug-likeness (QED) is 0.842. The molecule has 1 nitrogen and oxygen atoms in total. The van der Waals surface area contributed by atoms with Gasteiger partial charge in [-0.3, -0.25) is 0 Å². The van der Waals surface area contributed by atoms with E-state index in [4.69, 9.17) is 0 Å². The zero-order valence-electron chi connectivity index (χ0n) is 12.5. The fourth-order valence-corrected chi connectivity index (χ4v) is 3.12. The molecule has 1 saturated carbocycles. The SMILES string of the molecule is CC(C)NCC1(c2cccc(F)c2)CC(C(C)C)C1. The average Bonchev–Trinajstić information content (AvgIpc) is 2.26. The topological polar surface area (TPSA) is 12.0 Å². The van der Waals surface area contributed by atoms with Crippen molar-refractivity contribution in [2.24, 2.45) is 11.8 Å². The molecule has 2 heteroatoms. The van der Waals surface area contributed by atoms with Crippen LogP contribution in [0.3, 0.4) is 0 Å². The molecule has 0 spiro atoms. The van der Waals surface area contributed by atoms with Crippen LogP contribution in [-0.4, -0.2) is 12.6 Å². The third kappa shape index (κ3) is 3.17. The van der Waals surface area contributed by atoms with Crippen molar-refractivity contribution >= 4 is 0 Å². The summed E-state index contributed by atoms with van der Waals surface area (Å²) < 4.78 is 13.5. The highest BCUT2D eigenvalue weighted by atomic mass is 19.1. The first-order chi connectivity index (χ1) is 8.93. The van der Waals surface area contributed by atoms with E-state index in [0.29, 0.717) is 6.04 Å². The largest absolute Gasteiger partial charge is 0.314 e. The van der Waals surface area contributed by atoms with Gasteiger partial charge in [0.15, 0.2) is 0 Å². The molecule has 1 aliphatic rings. The number of benzene rings is 1. The summed E-state index contributed by atoms with van der Waals surface area (Å²) in [5.41, 5.74) is 1.30. The second-order valence-corrected chi connectivity index (χ2v) is 6.74. The van der Waals surface area contributed by atoms with Crippen molar-refractivity contribution in [2.75, 3.05) is 6.54 Å². The van der Waals surface area contributed by atoms with E-state index in [-0.39, 0.29) is 11.2 Å². The Morgan fingerprint density at radius 3 is 2.47 bits per heavy atom. The smallest absolute Gasteiger partial charge is 0.123 e. The van der Waals surface area contributed by atoms with Crippen LogP contribution in [0, 0.1) is 17.7 Å². The lowest BCUT2D eigenvalue weighted by atomic mass is 9.56. The molecule has 0 radical (unpaired) electrons.